The van der Waals surface area contributed by atoms with Crippen LogP contribution in [0.2, 0.25) is 0 Å². The van der Waals surface area contributed by atoms with Gasteiger partial charge in [-0.3, -0.25) is 14.5 Å². The zero-order valence-corrected chi connectivity index (χ0v) is 18.2. The van der Waals surface area contributed by atoms with Crippen molar-refractivity contribution in [1.29, 1.82) is 0 Å². The first kappa shape index (κ1) is 22.6. The fourth-order valence-corrected chi connectivity index (χ4v) is 3.81. The number of benzene rings is 2. The lowest BCUT2D eigenvalue weighted by Crippen LogP contribution is -2.48. The fourth-order valence-electron chi connectivity index (χ4n) is 3.81. The average molecular weight is 452 g/mol. The quantitative estimate of drug-likeness (QED) is 0.565. The van der Waals surface area contributed by atoms with E-state index in [2.05, 4.69) is 15.0 Å². The maximum Gasteiger partial charge on any atom is 0.248 e. The van der Waals surface area contributed by atoms with Gasteiger partial charge in [0.1, 0.15) is 5.82 Å². The lowest BCUT2D eigenvalue weighted by molar-refractivity contribution is -0.133. The summed E-state index contributed by atoms with van der Waals surface area (Å²) in [6.07, 6.45) is 1.56. The van der Waals surface area contributed by atoms with Crippen LogP contribution in [0.15, 0.2) is 53.1 Å². The summed E-state index contributed by atoms with van der Waals surface area (Å²) in [4.78, 5) is 32.3. The Hall–Kier alpha value is -3.59. The number of halogens is 1. The summed E-state index contributed by atoms with van der Waals surface area (Å²) in [6.45, 7) is 3.75. The monoisotopic (exact) mass is 451 g/mol. The van der Waals surface area contributed by atoms with E-state index in [9.17, 15) is 14.0 Å². The largest absolute Gasteiger partial charge is 0.366 e. The SMILES string of the molecule is NC(=O)c1ccc(CN2CCN(C(=O)CCCc3nc(-c4ccc(F)cc4)no3)CC2)cc1. The van der Waals surface area contributed by atoms with E-state index in [1.807, 2.05) is 17.0 Å². The number of amides is 2. The standard InChI is InChI=1S/C24H26FN5O3/c25-20-10-8-19(9-11-20)24-27-21(33-28-24)2-1-3-22(31)30-14-12-29(13-15-30)16-17-4-6-18(7-5-17)23(26)32/h4-11H,1-3,12-16H2,(H2,26,32). The normalized spacial score (nSPS) is 14.4. The van der Waals surface area contributed by atoms with Crippen LogP contribution in [0.4, 0.5) is 4.39 Å². The third kappa shape index (κ3) is 6.01. The first-order valence-corrected chi connectivity index (χ1v) is 11.0. The molecule has 0 atom stereocenters. The number of aryl methyl sites for hydroxylation is 1. The molecule has 1 aliphatic rings. The summed E-state index contributed by atoms with van der Waals surface area (Å²) in [5, 5.41) is 3.93. The van der Waals surface area contributed by atoms with Crippen LogP contribution < -0.4 is 5.73 Å². The molecule has 1 fully saturated rings. The predicted molar refractivity (Wildman–Crippen MR) is 119 cm³/mol. The first-order chi connectivity index (χ1) is 16.0. The van der Waals surface area contributed by atoms with Crippen LogP contribution in [-0.2, 0) is 17.8 Å². The van der Waals surface area contributed by atoms with E-state index >= 15 is 0 Å². The third-order valence-corrected chi connectivity index (χ3v) is 5.72. The van der Waals surface area contributed by atoms with Gasteiger partial charge in [0, 0.05) is 56.7 Å². The van der Waals surface area contributed by atoms with Gasteiger partial charge in [-0.05, 0) is 48.4 Å². The smallest absolute Gasteiger partial charge is 0.248 e. The number of nitrogens with zero attached hydrogens (tertiary/aromatic N) is 4. The molecule has 33 heavy (non-hydrogen) atoms. The van der Waals surface area contributed by atoms with E-state index in [0.29, 0.717) is 55.2 Å². The summed E-state index contributed by atoms with van der Waals surface area (Å²) in [7, 11) is 0. The molecule has 1 saturated heterocycles. The van der Waals surface area contributed by atoms with Crippen molar-refractivity contribution in [3.05, 3.63) is 71.4 Å². The molecule has 9 heteroatoms. The molecule has 4 rings (SSSR count). The zero-order valence-electron chi connectivity index (χ0n) is 18.2. The molecule has 2 aromatic carbocycles. The highest BCUT2D eigenvalue weighted by molar-refractivity contribution is 5.92. The molecule has 0 spiro atoms. The Morgan fingerprint density at radius 1 is 1.00 bits per heavy atom. The number of piperazine rings is 1. The van der Waals surface area contributed by atoms with Crippen LogP contribution in [-0.4, -0.2) is 57.9 Å². The summed E-state index contributed by atoms with van der Waals surface area (Å²) >= 11 is 0. The second-order valence-electron chi connectivity index (χ2n) is 8.09. The van der Waals surface area contributed by atoms with Gasteiger partial charge in [-0.1, -0.05) is 17.3 Å². The van der Waals surface area contributed by atoms with Crippen LogP contribution in [0.3, 0.4) is 0 Å². The van der Waals surface area contributed by atoms with Crippen LogP contribution in [0, 0.1) is 5.82 Å². The number of carbonyl (C=O) groups excluding carboxylic acids is 2. The molecule has 1 aliphatic heterocycles. The molecule has 172 valence electrons. The fraction of sp³-hybridized carbons (Fsp3) is 0.333. The Balaban J connectivity index is 1.18. The highest BCUT2D eigenvalue weighted by atomic mass is 19.1. The average Bonchev–Trinajstić information content (AvgIpc) is 3.29. The second-order valence-corrected chi connectivity index (χ2v) is 8.09. The lowest BCUT2D eigenvalue weighted by atomic mass is 10.1. The lowest BCUT2D eigenvalue weighted by Gasteiger charge is -2.34. The molecule has 0 bridgehead atoms. The van der Waals surface area contributed by atoms with Crippen molar-refractivity contribution in [2.24, 2.45) is 5.73 Å². The third-order valence-electron chi connectivity index (χ3n) is 5.72. The van der Waals surface area contributed by atoms with Crippen molar-refractivity contribution in [1.82, 2.24) is 19.9 Å². The summed E-state index contributed by atoms with van der Waals surface area (Å²) in [5.41, 5.74) is 7.58. The highest BCUT2D eigenvalue weighted by Crippen LogP contribution is 2.17. The number of hydrogen-bond donors (Lipinski definition) is 1. The van der Waals surface area contributed by atoms with Gasteiger partial charge < -0.3 is 15.2 Å². The van der Waals surface area contributed by atoms with E-state index in [4.69, 9.17) is 10.3 Å². The molecular weight excluding hydrogens is 425 g/mol. The van der Waals surface area contributed by atoms with E-state index in [-0.39, 0.29) is 11.7 Å². The Morgan fingerprint density at radius 3 is 2.36 bits per heavy atom. The molecule has 0 aliphatic carbocycles. The van der Waals surface area contributed by atoms with E-state index in [1.54, 1.807) is 24.3 Å². The number of aromatic nitrogens is 2. The molecule has 2 heterocycles. The van der Waals surface area contributed by atoms with Gasteiger partial charge in [-0.2, -0.15) is 4.98 Å². The van der Waals surface area contributed by atoms with Gasteiger partial charge in [-0.15, -0.1) is 0 Å². The Labute approximate surface area is 191 Å². The van der Waals surface area contributed by atoms with Gasteiger partial charge in [0.05, 0.1) is 0 Å². The van der Waals surface area contributed by atoms with E-state index < -0.39 is 5.91 Å². The van der Waals surface area contributed by atoms with Crippen molar-refractivity contribution in [2.45, 2.75) is 25.8 Å². The molecule has 8 nitrogen and oxygen atoms in total. The van der Waals surface area contributed by atoms with E-state index in [0.717, 1.165) is 25.2 Å². The van der Waals surface area contributed by atoms with Gasteiger partial charge in [0.2, 0.25) is 23.5 Å². The number of rotatable bonds is 8. The van der Waals surface area contributed by atoms with E-state index in [1.165, 1.54) is 12.1 Å². The number of primary amides is 1. The summed E-state index contributed by atoms with van der Waals surface area (Å²) < 4.78 is 18.3. The van der Waals surface area contributed by atoms with Crippen LogP contribution in [0.1, 0.15) is 34.7 Å². The Morgan fingerprint density at radius 2 is 1.70 bits per heavy atom. The topological polar surface area (TPSA) is 106 Å². The Bertz CT molecular complexity index is 1090. The Kier molecular flexibility index (Phi) is 7.09. The maximum absolute atomic E-state index is 13.0. The number of nitrogens with two attached hydrogens (primary N) is 1. The maximum atomic E-state index is 13.0. The predicted octanol–water partition coefficient (Wildman–Crippen LogP) is 2.64. The molecule has 0 unspecified atom stereocenters. The van der Waals surface area contributed by atoms with Crippen LogP contribution in [0.25, 0.3) is 11.4 Å². The van der Waals surface area contributed by atoms with Gasteiger partial charge >= 0.3 is 0 Å². The molecule has 1 aromatic heterocycles. The number of carbonyl (C=O) groups is 2. The first-order valence-electron chi connectivity index (χ1n) is 11.0. The molecule has 0 radical (unpaired) electrons. The molecular formula is C24H26FN5O3. The molecule has 0 saturated carbocycles. The van der Waals surface area contributed by atoms with Gasteiger partial charge in [0.25, 0.3) is 0 Å². The van der Waals surface area contributed by atoms with Crippen molar-refractivity contribution in [2.75, 3.05) is 26.2 Å². The van der Waals surface area contributed by atoms with Crippen LogP contribution >= 0.6 is 0 Å². The van der Waals surface area contributed by atoms with Gasteiger partial charge in [0.15, 0.2) is 0 Å². The summed E-state index contributed by atoms with van der Waals surface area (Å²) in [5.74, 6) is 0.256. The van der Waals surface area contributed by atoms with Crippen molar-refractivity contribution in [3.63, 3.8) is 0 Å². The minimum atomic E-state index is -0.430. The van der Waals surface area contributed by atoms with Crippen molar-refractivity contribution in [3.8, 4) is 11.4 Å². The summed E-state index contributed by atoms with van der Waals surface area (Å²) in [6, 6.07) is 13.2. The number of hydrogen-bond acceptors (Lipinski definition) is 6. The zero-order chi connectivity index (χ0) is 23.2. The van der Waals surface area contributed by atoms with Crippen LogP contribution in [0.5, 0.6) is 0 Å². The minimum Gasteiger partial charge on any atom is -0.366 e. The molecule has 3 aromatic rings. The highest BCUT2D eigenvalue weighted by Gasteiger charge is 2.21. The molecule has 2 N–H and O–H groups in total. The van der Waals surface area contributed by atoms with Gasteiger partial charge in [-0.25, -0.2) is 4.39 Å². The van der Waals surface area contributed by atoms with Crippen molar-refractivity contribution < 1.29 is 18.5 Å². The minimum absolute atomic E-state index is 0.124. The molecule has 2 amide bonds. The second kappa shape index (κ2) is 10.4. The van der Waals surface area contributed by atoms with Crippen molar-refractivity contribution >= 4 is 11.8 Å².